The Balaban J connectivity index is 2.94. The highest BCUT2D eigenvalue weighted by molar-refractivity contribution is 7.18. The van der Waals surface area contributed by atoms with Crippen LogP contribution in [0.4, 0.5) is 10.9 Å². The fourth-order valence-corrected chi connectivity index (χ4v) is 2.21. The van der Waals surface area contributed by atoms with E-state index in [2.05, 4.69) is 4.98 Å². The molecule has 0 saturated heterocycles. The lowest BCUT2D eigenvalue weighted by Crippen LogP contribution is -2.33. The third kappa shape index (κ3) is 3.07. The number of amides is 1. The molecule has 0 unspecified atom stereocenters. The minimum absolute atomic E-state index is 0.0567. The molecule has 0 fully saturated rings. The van der Waals surface area contributed by atoms with Crippen LogP contribution >= 0.6 is 11.3 Å². The van der Waals surface area contributed by atoms with Gasteiger partial charge < -0.3 is 20.6 Å². The van der Waals surface area contributed by atoms with Gasteiger partial charge in [0.25, 0.3) is 5.91 Å². The molecule has 96 valence electrons. The highest BCUT2D eigenvalue weighted by Gasteiger charge is 2.21. The van der Waals surface area contributed by atoms with Gasteiger partial charge in [-0.2, -0.15) is 0 Å². The van der Waals surface area contributed by atoms with Crippen LogP contribution in [0.15, 0.2) is 0 Å². The molecule has 6 nitrogen and oxygen atoms in total. The number of thiazole rings is 1. The van der Waals surface area contributed by atoms with Crippen molar-refractivity contribution in [2.45, 2.75) is 6.92 Å². The molecule has 0 aliphatic heterocycles. The smallest absolute Gasteiger partial charge is 0.267 e. The number of nitrogens with two attached hydrogens (primary N) is 1. The number of hydrogen-bond donors (Lipinski definition) is 2. The maximum Gasteiger partial charge on any atom is 0.267 e. The molecule has 1 aromatic rings. The Morgan fingerprint density at radius 1 is 1.53 bits per heavy atom. The predicted octanol–water partition coefficient (Wildman–Crippen LogP) is 0.246. The zero-order chi connectivity index (χ0) is 13.0. The number of nitrogens with zero attached hydrogens (tertiary/aromatic N) is 3. The fourth-order valence-electron chi connectivity index (χ4n) is 1.33. The van der Waals surface area contributed by atoms with Crippen LogP contribution in [-0.4, -0.2) is 54.7 Å². The first-order chi connectivity index (χ1) is 8.01. The predicted molar refractivity (Wildman–Crippen MR) is 69.5 cm³/mol. The molecule has 1 aromatic heterocycles. The summed E-state index contributed by atoms with van der Waals surface area (Å²) in [5, 5.41) is 9.58. The van der Waals surface area contributed by atoms with Crippen LogP contribution in [-0.2, 0) is 0 Å². The summed E-state index contributed by atoms with van der Waals surface area (Å²) in [6.45, 7) is 2.65. The topological polar surface area (TPSA) is 82.7 Å². The van der Waals surface area contributed by atoms with E-state index >= 15 is 0 Å². The summed E-state index contributed by atoms with van der Waals surface area (Å²) in [6.07, 6.45) is 0. The summed E-state index contributed by atoms with van der Waals surface area (Å²) in [5.41, 5.74) is 5.73. The van der Waals surface area contributed by atoms with Gasteiger partial charge in [-0.15, -0.1) is 0 Å². The zero-order valence-electron chi connectivity index (χ0n) is 10.3. The molecule has 3 N–H and O–H groups in total. The van der Waals surface area contributed by atoms with Crippen LogP contribution < -0.4 is 10.6 Å². The zero-order valence-corrected chi connectivity index (χ0v) is 11.1. The van der Waals surface area contributed by atoms with E-state index in [0.717, 1.165) is 0 Å². The van der Waals surface area contributed by atoms with Gasteiger partial charge >= 0.3 is 0 Å². The second-order valence-corrected chi connectivity index (χ2v) is 4.69. The molecule has 0 bridgehead atoms. The molecule has 0 saturated carbocycles. The summed E-state index contributed by atoms with van der Waals surface area (Å²) >= 11 is 1.26. The highest BCUT2D eigenvalue weighted by Crippen LogP contribution is 2.27. The minimum Gasteiger partial charge on any atom is -0.395 e. The number of carbonyl (C=O) groups is 1. The summed E-state index contributed by atoms with van der Waals surface area (Å²) in [5.74, 6) is 0.0738. The van der Waals surface area contributed by atoms with Crippen molar-refractivity contribution >= 4 is 28.2 Å². The third-order valence-corrected chi connectivity index (χ3v) is 3.48. The van der Waals surface area contributed by atoms with E-state index in [1.165, 1.54) is 11.3 Å². The van der Waals surface area contributed by atoms with Crippen molar-refractivity contribution in [1.82, 2.24) is 9.88 Å². The van der Waals surface area contributed by atoms with E-state index in [4.69, 9.17) is 10.8 Å². The molecule has 1 rings (SSSR count). The van der Waals surface area contributed by atoms with Crippen LogP contribution in [0.1, 0.15) is 16.6 Å². The summed E-state index contributed by atoms with van der Waals surface area (Å²) < 4.78 is 0. The molecule has 0 spiro atoms. The Morgan fingerprint density at radius 2 is 2.18 bits per heavy atom. The third-order valence-electron chi connectivity index (χ3n) is 2.26. The van der Waals surface area contributed by atoms with Crippen molar-refractivity contribution in [2.75, 3.05) is 44.4 Å². The molecule has 17 heavy (non-hydrogen) atoms. The van der Waals surface area contributed by atoms with Crippen LogP contribution in [0, 0.1) is 0 Å². The number of rotatable bonds is 5. The average Bonchev–Trinajstić information content (AvgIpc) is 2.67. The second-order valence-electron chi connectivity index (χ2n) is 3.71. The number of carbonyl (C=O) groups excluding carboxylic acids is 1. The molecular formula is C10H18N4O2S. The van der Waals surface area contributed by atoms with E-state index in [1.807, 2.05) is 21.0 Å². The first-order valence-electron chi connectivity index (χ1n) is 5.35. The molecule has 0 atom stereocenters. The first-order valence-corrected chi connectivity index (χ1v) is 6.16. The SMILES string of the molecule is CCN(CCO)C(=O)c1sc(N(C)C)nc1N. The molecule has 1 heterocycles. The van der Waals surface area contributed by atoms with Gasteiger partial charge in [0.1, 0.15) is 10.7 Å². The number of anilines is 2. The van der Waals surface area contributed by atoms with Gasteiger partial charge in [0.2, 0.25) is 0 Å². The monoisotopic (exact) mass is 258 g/mol. The average molecular weight is 258 g/mol. The number of likely N-dealkylation sites (N-methyl/N-ethyl adjacent to an activating group) is 1. The maximum absolute atomic E-state index is 12.1. The lowest BCUT2D eigenvalue weighted by atomic mass is 10.4. The van der Waals surface area contributed by atoms with Gasteiger partial charge in [-0.05, 0) is 6.92 Å². The van der Waals surface area contributed by atoms with Gasteiger partial charge in [-0.1, -0.05) is 11.3 Å². The van der Waals surface area contributed by atoms with Crippen molar-refractivity contribution < 1.29 is 9.90 Å². The molecule has 0 aliphatic carbocycles. The molecule has 0 radical (unpaired) electrons. The van der Waals surface area contributed by atoms with Crippen molar-refractivity contribution in [3.05, 3.63) is 4.88 Å². The van der Waals surface area contributed by atoms with Crippen LogP contribution in [0.2, 0.25) is 0 Å². The number of aliphatic hydroxyl groups excluding tert-OH is 1. The number of hydrogen-bond acceptors (Lipinski definition) is 6. The Bertz CT molecular complexity index is 392. The van der Waals surface area contributed by atoms with Crippen molar-refractivity contribution in [1.29, 1.82) is 0 Å². The van der Waals surface area contributed by atoms with Gasteiger partial charge in [-0.3, -0.25) is 4.79 Å². The van der Waals surface area contributed by atoms with Gasteiger partial charge in [0, 0.05) is 27.2 Å². The van der Waals surface area contributed by atoms with Crippen LogP contribution in [0.25, 0.3) is 0 Å². The van der Waals surface area contributed by atoms with Crippen molar-refractivity contribution in [3.8, 4) is 0 Å². The van der Waals surface area contributed by atoms with E-state index in [0.29, 0.717) is 23.1 Å². The Kier molecular flexibility index (Phi) is 4.71. The summed E-state index contributed by atoms with van der Waals surface area (Å²) in [6, 6.07) is 0. The molecule has 7 heteroatoms. The van der Waals surface area contributed by atoms with Crippen molar-refractivity contribution in [3.63, 3.8) is 0 Å². The lowest BCUT2D eigenvalue weighted by molar-refractivity contribution is 0.0737. The number of aromatic nitrogens is 1. The normalized spacial score (nSPS) is 10.4. The Hall–Kier alpha value is -1.34. The minimum atomic E-state index is -0.176. The Labute approximate surface area is 105 Å². The second kappa shape index (κ2) is 5.83. The molecular weight excluding hydrogens is 240 g/mol. The fraction of sp³-hybridized carbons (Fsp3) is 0.600. The van der Waals surface area contributed by atoms with E-state index in [1.54, 1.807) is 9.80 Å². The molecule has 0 aromatic carbocycles. The van der Waals surface area contributed by atoms with Crippen molar-refractivity contribution in [2.24, 2.45) is 0 Å². The lowest BCUT2D eigenvalue weighted by Gasteiger charge is -2.18. The standard InChI is InChI=1S/C10H18N4O2S/c1-4-14(5-6-15)9(16)7-8(11)12-10(17-7)13(2)3/h15H,4-6,11H2,1-3H3. The first kappa shape index (κ1) is 13.7. The molecule has 0 aliphatic rings. The molecule has 1 amide bonds. The highest BCUT2D eigenvalue weighted by atomic mass is 32.1. The number of aliphatic hydroxyl groups is 1. The quantitative estimate of drug-likeness (QED) is 0.791. The summed E-state index contributed by atoms with van der Waals surface area (Å²) in [7, 11) is 3.69. The number of nitrogen functional groups attached to an aromatic ring is 1. The maximum atomic E-state index is 12.1. The van der Waals surface area contributed by atoms with Gasteiger partial charge in [-0.25, -0.2) is 4.98 Å². The summed E-state index contributed by atoms with van der Waals surface area (Å²) in [4.78, 5) is 20.0. The van der Waals surface area contributed by atoms with E-state index < -0.39 is 0 Å². The van der Waals surface area contributed by atoms with E-state index in [-0.39, 0.29) is 18.3 Å². The largest absolute Gasteiger partial charge is 0.395 e. The van der Waals surface area contributed by atoms with Crippen LogP contribution in [0.3, 0.4) is 0 Å². The van der Waals surface area contributed by atoms with Crippen LogP contribution in [0.5, 0.6) is 0 Å². The van der Waals surface area contributed by atoms with Gasteiger partial charge in [0.05, 0.1) is 6.61 Å². The Morgan fingerprint density at radius 3 is 2.59 bits per heavy atom. The van der Waals surface area contributed by atoms with E-state index in [9.17, 15) is 4.79 Å². The van der Waals surface area contributed by atoms with Gasteiger partial charge in [0.15, 0.2) is 5.13 Å².